The van der Waals surface area contributed by atoms with Crippen LogP contribution in [0.5, 0.6) is 5.75 Å². The van der Waals surface area contributed by atoms with Gasteiger partial charge in [-0.2, -0.15) is 0 Å². The Morgan fingerprint density at radius 2 is 2.25 bits per heavy atom. The summed E-state index contributed by atoms with van der Waals surface area (Å²) < 4.78 is 9.98. The zero-order chi connectivity index (χ0) is 14.5. The van der Waals surface area contributed by atoms with Gasteiger partial charge >= 0.3 is 6.09 Å². The van der Waals surface area contributed by atoms with Gasteiger partial charge in [-0.1, -0.05) is 12.1 Å². The molecular weight excluding hydrogens is 260 g/mol. The summed E-state index contributed by atoms with van der Waals surface area (Å²) in [5.41, 5.74) is 0.819. The molecule has 1 aromatic rings. The van der Waals surface area contributed by atoms with Crippen molar-refractivity contribution in [3.05, 3.63) is 24.3 Å². The van der Waals surface area contributed by atoms with E-state index in [0.29, 0.717) is 12.3 Å². The van der Waals surface area contributed by atoms with Crippen molar-refractivity contribution in [1.29, 1.82) is 0 Å². The van der Waals surface area contributed by atoms with Crippen molar-refractivity contribution in [3.8, 4) is 5.75 Å². The minimum Gasteiger partial charge on any atom is -0.495 e. The second kappa shape index (κ2) is 6.27. The molecule has 0 saturated carbocycles. The Labute approximate surface area is 117 Å². The summed E-state index contributed by atoms with van der Waals surface area (Å²) in [5, 5.41) is 3.21. The van der Waals surface area contributed by atoms with Crippen LogP contribution < -0.4 is 10.1 Å². The van der Waals surface area contributed by atoms with Gasteiger partial charge in [0, 0.05) is 12.5 Å². The Morgan fingerprint density at radius 3 is 2.90 bits per heavy atom. The molecule has 1 heterocycles. The fraction of sp³-hybridized carbons (Fsp3) is 0.429. The van der Waals surface area contributed by atoms with E-state index in [1.54, 1.807) is 7.11 Å². The molecule has 1 N–H and O–H groups in total. The predicted octanol–water partition coefficient (Wildman–Crippen LogP) is 1.86. The second-order valence-corrected chi connectivity index (χ2v) is 4.61. The largest absolute Gasteiger partial charge is 0.495 e. The summed E-state index contributed by atoms with van der Waals surface area (Å²) in [6.45, 7) is 2.49. The highest BCUT2D eigenvalue weighted by Gasteiger charge is 2.29. The van der Waals surface area contributed by atoms with Crippen LogP contribution in [0.4, 0.5) is 10.5 Å². The molecule has 2 amide bonds. The molecule has 20 heavy (non-hydrogen) atoms. The molecule has 0 radical (unpaired) electrons. The van der Waals surface area contributed by atoms with Crippen molar-refractivity contribution in [2.75, 3.05) is 25.6 Å². The van der Waals surface area contributed by atoms with Crippen molar-refractivity contribution >= 4 is 17.7 Å². The first-order valence-electron chi connectivity index (χ1n) is 6.48. The number of hydrogen-bond acceptors (Lipinski definition) is 5. The van der Waals surface area contributed by atoms with Crippen LogP contribution in [-0.2, 0) is 9.53 Å². The van der Waals surface area contributed by atoms with Gasteiger partial charge in [0.05, 0.1) is 19.3 Å². The topological polar surface area (TPSA) is 67.9 Å². The van der Waals surface area contributed by atoms with Crippen molar-refractivity contribution in [2.24, 2.45) is 0 Å². The van der Waals surface area contributed by atoms with Crippen LogP contribution in [0.15, 0.2) is 24.3 Å². The van der Waals surface area contributed by atoms with Gasteiger partial charge in [-0.05, 0) is 19.1 Å². The highest BCUT2D eigenvalue weighted by atomic mass is 16.6. The van der Waals surface area contributed by atoms with Gasteiger partial charge < -0.3 is 14.8 Å². The number of hydrogen-bond donors (Lipinski definition) is 1. The fourth-order valence-electron chi connectivity index (χ4n) is 2.07. The van der Waals surface area contributed by atoms with Gasteiger partial charge in [0.15, 0.2) is 0 Å². The van der Waals surface area contributed by atoms with Crippen LogP contribution in [0, 0.1) is 0 Å². The van der Waals surface area contributed by atoms with Crippen LogP contribution in [0.3, 0.4) is 0 Å². The number of carbonyl (C=O) groups is 2. The quantitative estimate of drug-likeness (QED) is 0.890. The lowest BCUT2D eigenvalue weighted by Crippen LogP contribution is -2.35. The van der Waals surface area contributed by atoms with E-state index in [9.17, 15) is 9.59 Å². The van der Waals surface area contributed by atoms with E-state index in [0.717, 1.165) is 10.6 Å². The van der Waals surface area contributed by atoms with Gasteiger partial charge in [-0.15, -0.1) is 0 Å². The van der Waals surface area contributed by atoms with E-state index in [4.69, 9.17) is 9.47 Å². The number of para-hydroxylation sites is 2. The number of amides is 2. The molecule has 0 aromatic heterocycles. The number of cyclic esters (lactones) is 1. The number of carbonyl (C=O) groups excluding carboxylic acids is 2. The van der Waals surface area contributed by atoms with Gasteiger partial charge in [0.2, 0.25) is 5.91 Å². The molecule has 1 fully saturated rings. The average Bonchev–Trinajstić information content (AvgIpc) is 2.85. The number of anilines is 1. The first kappa shape index (κ1) is 14.2. The monoisotopic (exact) mass is 278 g/mol. The molecule has 1 unspecified atom stereocenters. The molecular formula is C14H18N2O4. The van der Waals surface area contributed by atoms with Crippen LogP contribution in [-0.4, -0.2) is 43.2 Å². The van der Waals surface area contributed by atoms with Gasteiger partial charge in [-0.3, -0.25) is 4.79 Å². The van der Waals surface area contributed by atoms with Gasteiger partial charge in [-0.25, -0.2) is 9.69 Å². The van der Waals surface area contributed by atoms with Crippen LogP contribution in [0.1, 0.15) is 13.3 Å². The number of nitrogens with zero attached hydrogens (tertiary/aromatic N) is 1. The summed E-state index contributed by atoms with van der Waals surface area (Å²) in [7, 11) is 1.59. The predicted molar refractivity (Wildman–Crippen MR) is 73.8 cm³/mol. The Hall–Kier alpha value is -2.24. The summed E-state index contributed by atoms with van der Waals surface area (Å²) in [4.78, 5) is 24.4. The fourth-order valence-corrected chi connectivity index (χ4v) is 2.07. The highest BCUT2D eigenvalue weighted by molar-refractivity contribution is 5.93. The van der Waals surface area contributed by atoms with E-state index >= 15 is 0 Å². The van der Waals surface area contributed by atoms with Crippen molar-refractivity contribution < 1.29 is 19.1 Å². The number of rotatable bonds is 5. The summed E-state index contributed by atoms with van der Waals surface area (Å²) in [6, 6.07) is 7.36. The standard InChI is InChI=1S/C14H18N2O4/c1-10(9-13(17)16-7-8-20-14(16)18)15-11-5-3-4-6-12(11)19-2/h3-6,10,15H,7-9H2,1-2H3. The molecule has 1 atom stereocenters. The Bertz CT molecular complexity index is 504. The molecule has 6 heteroatoms. The first-order valence-corrected chi connectivity index (χ1v) is 6.48. The molecule has 1 aliphatic rings. The average molecular weight is 278 g/mol. The minimum atomic E-state index is -0.556. The summed E-state index contributed by atoms with van der Waals surface area (Å²) in [6.07, 6.45) is -0.341. The molecule has 1 aliphatic heterocycles. The van der Waals surface area contributed by atoms with E-state index in [1.807, 2.05) is 31.2 Å². The van der Waals surface area contributed by atoms with Crippen molar-refractivity contribution in [1.82, 2.24) is 4.90 Å². The normalized spacial score (nSPS) is 15.7. The van der Waals surface area contributed by atoms with E-state index in [1.165, 1.54) is 0 Å². The van der Waals surface area contributed by atoms with Gasteiger partial charge in [0.1, 0.15) is 12.4 Å². The van der Waals surface area contributed by atoms with Crippen LogP contribution in [0.2, 0.25) is 0 Å². The molecule has 0 bridgehead atoms. The molecule has 1 saturated heterocycles. The van der Waals surface area contributed by atoms with E-state index in [2.05, 4.69) is 5.32 Å². The lowest BCUT2D eigenvalue weighted by atomic mass is 10.2. The molecule has 0 spiro atoms. The Kier molecular flexibility index (Phi) is 4.45. The van der Waals surface area contributed by atoms with E-state index < -0.39 is 6.09 Å². The molecule has 108 valence electrons. The zero-order valence-electron chi connectivity index (χ0n) is 11.6. The maximum absolute atomic E-state index is 12.0. The maximum atomic E-state index is 12.0. The van der Waals surface area contributed by atoms with E-state index in [-0.39, 0.29) is 25.0 Å². The lowest BCUT2D eigenvalue weighted by Gasteiger charge is -2.18. The van der Waals surface area contributed by atoms with Crippen molar-refractivity contribution in [3.63, 3.8) is 0 Å². The molecule has 6 nitrogen and oxygen atoms in total. The number of methoxy groups -OCH3 is 1. The highest BCUT2D eigenvalue weighted by Crippen LogP contribution is 2.24. The summed E-state index contributed by atoms with van der Waals surface area (Å²) in [5.74, 6) is 0.481. The third-order valence-electron chi connectivity index (χ3n) is 3.05. The zero-order valence-corrected chi connectivity index (χ0v) is 11.6. The number of nitrogens with one attached hydrogen (secondary N) is 1. The molecule has 2 rings (SSSR count). The van der Waals surface area contributed by atoms with Gasteiger partial charge in [0.25, 0.3) is 0 Å². The van der Waals surface area contributed by atoms with Crippen LogP contribution in [0.25, 0.3) is 0 Å². The van der Waals surface area contributed by atoms with Crippen LogP contribution >= 0.6 is 0 Å². The second-order valence-electron chi connectivity index (χ2n) is 4.61. The minimum absolute atomic E-state index is 0.118. The number of imide groups is 1. The Balaban J connectivity index is 1.93. The lowest BCUT2D eigenvalue weighted by molar-refractivity contribution is -0.127. The SMILES string of the molecule is COc1ccccc1NC(C)CC(=O)N1CCOC1=O. The molecule has 0 aliphatic carbocycles. The third kappa shape index (κ3) is 3.20. The summed E-state index contributed by atoms with van der Waals surface area (Å²) >= 11 is 0. The first-order chi connectivity index (χ1) is 9.61. The Morgan fingerprint density at radius 1 is 1.50 bits per heavy atom. The molecule has 1 aromatic carbocycles. The van der Waals surface area contributed by atoms with Crippen molar-refractivity contribution in [2.45, 2.75) is 19.4 Å². The maximum Gasteiger partial charge on any atom is 0.416 e. The smallest absolute Gasteiger partial charge is 0.416 e. The number of benzene rings is 1. The number of ether oxygens (including phenoxy) is 2. The third-order valence-corrected chi connectivity index (χ3v) is 3.05.